The summed E-state index contributed by atoms with van der Waals surface area (Å²) in [6.07, 6.45) is 4.89. The molecule has 23 heavy (non-hydrogen) atoms. The fourth-order valence-corrected chi connectivity index (χ4v) is 3.43. The second kappa shape index (κ2) is 9.30. The molecule has 0 radical (unpaired) electrons. The first kappa shape index (κ1) is 20.0. The molecule has 0 unspecified atom stereocenters. The molecule has 0 saturated carbocycles. The Hall–Kier alpha value is -1.04. The number of halogens is 2. The monoisotopic (exact) mass is 382 g/mol. The Balaban J connectivity index is 0.00000132. The molecule has 1 aliphatic rings. The van der Waals surface area contributed by atoms with E-state index in [0.717, 1.165) is 25.0 Å². The van der Waals surface area contributed by atoms with Gasteiger partial charge in [-0.1, -0.05) is 0 Å². The molecule has 0 fully saturated rings. The molecule has 2 aromatic rings. The molecule has 0 aliphatic heterocycles. The van der Waals surface area contributed by atoms with Gasteiger partial charge in [-0.05, 0) is 0 Å². The fraction of sp³-hybridized carbons (Fsp3) is 0.211. The minimum absolute atomic E-state index is 0. The van der Waals surface area contributed by atoms with Crippen molar-refractivity contribution in [2.75, 3.05) is 0 Å². The van der Waals surface area contributed by atoms with Crippen molar-refractivity contribution in [1.29, 1.82) is 0 Å². The summed E-state index contributed by atoms with van der Waals surface area (Å²) in [6.45, 7) is 2.25. The van der Waals surface area contributed by atoms with E-state index in [1.807, 2.05) is 12.3 Å². The number of benzene rings is 1. The van der Waals surface area contributed by atoms with E-state index in [1.54, 1.807) is 0 Å². The molecule has 1 aromatic carbocycles. The van der Waals surface area contributed by atoms with Gasteiger partial charge in [-0.2, -0.15) is 0 Å². The van der Waals surface area contributed by atoms with Crippen molar-refractivity contribution in [2.45, 2.75) is 26.2 Å². The van der Waals surface area contributed by atoms with Crippen LogP contribution in [0.4, 0.5) is 0 Å². The number of hydrogen-bond acceptors (Lipinski definition) is 1. The fourth-order valence-electron chi connectivity index (χ4n) is 2.80. The van der Waals surface area contributed by atoms with Gasteiger partial charge in [0.25, 0.3) is 0 Å². The van der Waals surface area contributed by atoms with Crippen LogP contribution in [0.5, 0.6) is 0 Å². The predicted octanol–water partition coefficient (Wildman–Crippen LogP) is -1.60. The number of aromatic nitrogens is 1. The molecule has 0 bridgehead atoms. The Labute approximate surface area is 159 Å². The van der Waals surface area contributed by atoms with Gasteiger partial charge < -0.3 is 24.8 Å². The first-order chi connectivity index (χ1) is 10.2. The third-order valence-electron chi connectivity index (χ3n) is 4.04. The van der Waals surface area contributed by atoms with Crippen LogP contribution in [0.2, 0.25) is 0 Å². The van der Waals surface area contributed by atoms with Crippen LogP contribution in [0.3, 0.4) is 0 Å². The maximum atomic E-state index is 4.45. The molecule has 119 valence electrons. The minimum Gasteiger partial charge on any atom is -1.00 e. The van der Waals surface area contributed by atoms with Crippen molar-refractivity contribution in [2.24, 2.45) is 0 Å². The van der Waals surface area contributed by atoms with Gasteiger partial charge in [0.05, 0.1) is 0 Å². The van der Waals surface area contributed by atoms with Crippen molar-refractivity contribution < 1.29 is 41.1 Å². The molecule has 0 spiro atoms. The van der Waals surface area contributed by atoms with E-state index in [2.05, 4.69) is 70.7 Å². The largest absolute Gasteiger partial charge is 1.00 e. The topological polar surface area (TPSA) is 12.9 Å². The standard InChI is InChI=1S/C19H18N.2ClH.Cr/c1-15-17(13-16-7-3-2-4-8-16)10-11-18(15)14-19-9-5-6-12-20-19;;;/h2-9,12H,11,13-14H2,1H3;2*1H;/q;;;+2/p-2. The Morgan fingerprint density at radius 2 is 1.65 bits per heavy atom. The Kier molecular flexibility index (Phi) is 8.09. The maximum Gasteiger partial charge on any atom is -1.00 e. The third kappa shape index (κ3) is 4.97. The van der Waals surface area contributed by atoms with Crippen LogP contribution in [0, 0.1) is 0 Å². The summed E-state index contributed by atoms with van der Waals surface area (Å²) in [5, 5.41) is 0. The molecule has 1 aliphatic carbocycles. The second-order valence-corrected chi connectivity index (χ2v) is 6.24. The first-order valence-electron chi connectivity index (χ1n) is 7.26. The van der Waals surface area contributed by atoms with Crippen LogP contribution in [-0.4, -0.2) is 4.98 Å². The molecule has 4 heteroatoms. The molecule has 0 N–H and O–H groups in total. The summed E-state index contributed by atoms with van der Waals surface area (Å²) < 4.78 is 1.39. The SMILES string of the molecule is CC1=C(Cc2ccccn2)C[C]([Cr+2])=C1Cc1ccccc1.[Cl-].[Cl-]. The summed E-state index contributed by atoms with van der Waals surface area (Å²) >= 11 is 3.27. The van der Waals surface area contributed by atoms with Crippen LogP contribution >= 0.6 is 0 Å². The average Bonchev–Trinajstić information content (AvgIpc) is 2.77. The normalized spacial score (nSPS) is 13.6. The van der Waals surface area contributed by atoms with E-state index < -0.39 is 0 Å². The molecule has 0 atom stereocenters. The quantitative estimate of drug-likeness (QED) is 0.620. The zero-order valence-electron chi connectivity index (χ0n) is 12.9. The number of allylic oxidation sites excluding steroid dienone is 4. The molecule has 0 saturated heterocycles. The van der Waals surface area contributed by atoms with Crippen molar-refractivity contribution in [3.63, 3.8) is 0 Å². The number of rotatable bonds is 4. The number of nitrogens with zero attached hydrogens (tertiary/aromatic N) is 1. The van der Waals surface area contributed by atoms with Gasteiger partial charge in [0.15, 0.2) is 0 Å². The van der Waals surface area contributed by atoms with E-state index in [-0.39, 0.29) is 24.8 Å². The van der Waals surface area contributed by atoms with E-state index in [9.17, 15) is 0 Å². The Morgan fingerprint density at radius 1 is 0.957 bits per heavy atom. The average molecular weight is 383 g/mol. The van der Waals surface area contributed by atoms with Crippen molar-refractivity contribution in [3.8, 4) is 0 Å². The van der Waals surface area contributed by atoms with Gasteiger partial charge in [0.1, 0.15) is 0 Å². The summed E-state index contributed by atoms with van der Waals surface area (Å²) in [5.74, 6) is 0. The minimum atomic E-state index is 0. The molecular weight excluding hydrogens is 365 g/mol. The van der Waals surface area contributed by atoms with Crippen LogP contribution < -0.4 is 24.8 Å². The smallest absolute Gasteiger partial charge is 1.00 e. The summed E-state index contributed by atoms with van der Waals surface area (Å²) in [5.41, 5.74) is 6.93. The van der Waals surface area contributed by atoms with Gasteiger partial charge in [0.2, 0.25) is 0 Å². The molecule has 1 aromatic heterocycles. The molecule has 1 heterocycles. The summed E-state index contributed by atoms with van der Waals surface area (Å²) in [7, 11) is 0. The maximum absolute atomic E-state index is 4.45. The first-order valence-corrected chi connectivity index (χ1v) is 7.89. The van der Waals surface area contributed by atoms with Gasteiger partial charge in [0, 0.05) is 0 Å². The van der Waals surface area contributed by atoms with Gasteiger partial charge in [-0.3, -0.25) is 0 Å². The van der Waals surface area contributed by atoms with Crippen LogP contribution in [0.1, 0.15) is 24.6 Å². The Morgan fingerprint density at radius 3 is 2.30 bits per heavy atom. The Bertz CT molecular complexity index is 694. The number of pyridine rings is 1. The molecule has 0 amide bonds. The van der Waals surface area contributed by atoms with Crippen molar-refractivity contribution in [1.82, 2.24) is 4.98 Å². The zero-order valence-corrected chi connectivity index (χ0v) is 15.7. The molecule has 3 rings (SSSR count). The van der Waals surface area contributed by atoms with Gasteiger partial charge >= 0.3 is 135 Å². The zero-order chi connectivity index (χ0) is 14.7. The van der Waals surface area contributed by atoms with Crippen molar-refractivity contribution in [3.05, 3.63) is 87.1 Å². The van der Waals surface area contributed by atoms with E-state index in [1.165, 1.54) is 26.7 Å². The summed E-state index contributed by atoms with van der Waals surface area (Å²) in [4.78, 5) is 4.45. The predicted molar refractivity (Wildman–Crippen MR) is 82.4 cm³/mol. The molecular formula is C19H18Cl2CrN. The molecule has 1 nitrogen and oxygen atoms in total. The van der Waals surface area contributed by atoms with E-state index in [4.69, 9.17) is 0 Å². The number of hydrogen-bond donors (Lipinski definition) is 0. The van der Waals surface area contributed by atoms with Crippen molar-refractivity contribution >= 4 is 0 Å². The van der Waals surface area contributed by atoms with Gasteiger partial charge in [-0.25, -0.2) is 0 Å². The third-order valence-corrected chi connectivity index (χ3v) is 4.65. The van der Waals surface area contributed by atoms with Crippen LogP contribution in [0.15, 0.2) is 75.9 Å². The second-order valence-electron chi connectivity index (χ2n) is 5.47. The summed E-state index contributed by atoms with van der Waals surface area (Å²) in [6, 6.07) is 16.8. The van der Waals surface area contributed by atoms with E-state index >= 15 is 0 Å². The van der Waals surface area contributed by atoms with Crippen LogP contribution in [0.25, 0.3) is 0 Å². The van der Waals surface area contributed by atoms with Crippen LogP contribution in [-0.2, 0) is 29.1 Å². The van der Waals surface area contributed by atoms with Gasteiger partial charge in [-0.15, -0.1) is 0 Å². The van der Waals surface area contributed by atoms with E-state index in [0.29, 0.717) is 0 Å².